The van der Waals surface area contributed by atoms with Gasteiger partial charge in [0.05, 0.1) is 0 Å². The van der Waals surface area contributed by atoms with E-state index in [2.05, 4.69) is 89.2 Å². The van der Waals surface area contributed by atoms with Crippen LogP contribution in [0.2, 0.25) is 0 Å². The molecule has 4 aromatic carbocycles. The molecule has 31 heavy (non-hydrogen) atoms. The highest BCUT2D eigenvalue weighted by Gasteiger charge is 2.37. The van der Waals surface area contributed by atoms with Gasteiger partial charge in [0, 0.05) is 5.54 Å². The first-order chi connectivity index (χ1) is 14.8. The lowest BCUT2D eigenvalue weighted by Gasteiger charge is -2.42. The lowest BCUT2D eigenvalue weighted by atomic mass is 9.64. The van der Waals surface area contributed by atoms with Gasteiger partial charge in [-0.25, -0.2) is 0 Å². The molecule has 2 N–H and O–H groups in total. The van der Waals surface area contributed by atoms with E-state index < -0.39 is 0 Å². The zero-order chi connectivity index (χ0) is 22.2. The Kier molecular flexibility index (Phi) is 6.01. The summed E-state index contributed by atoms with van der Waals surface area (Å²) in [6, 6.07) is 20.6. The SMILES string of the molecule is CCCCCC(C)(CC(C)(N)CC)C(C)c1ccc2ccc3cccc4ccc1c2c34. The maximum atomic E-state index is 6.75. The molecule has 3 atom stereocenters. The van der Waals surface area contributed by atoms with Crippen LogP contribution >= 0.6 is 0 Å². The number of benzene rings is 4. The van der Waals surface area contributed by atoms with E-state index >= 15 is 0 Å². The summed E-state index contributed by atoms with van der Waals surface area (Å²) >= 11 is 0. The molecule has 0 radical (unpaired) electrons. The van der Waals surface area contributed by atoms with Gasteiger partial charge in [0.25, 0.3) is 0 Å². The molecule has 0 heterocycles. The maximum absolute atomic E-state index is 6.75. The van der Waals surface area contributed by atoms with Crippen molar-refractivity contribution in [3.05, 3.63) is 60.2 Å². The van der Waals surface area contributed by atoms with Crippen molar-refractivity contribution in [3.63, 3.8) is 0 Å². The van der Waals surface area contributed by atoms with Crippen molar-refractivity contribution in [2.45, 2.75) is 84.6 Å². The summed E-state index contributed by atoms with van der Waals surface area (Å²) in [6.07, 6.45) is 7.15. The van der Waals surface area contributed by atoms with E-state index in [-0.39, 0.29) is 11.0 Å². The van der Waals surface area contributed by atoms with Gasteiger partial charge in [-0.15, -0.1) is 0 Å². The topological polar surface area (TPSA) is 26.0 Å². The summed E-state index contributed by atoms with van der Waals surface area (Å²) in [5, 5.41) is 8.29. The molecular weight excluding hydrogens is 374 g/mol. The summed E-state index contributed by atoms with van der Waals surface area (Å²) in [5.41, 5.74) is 8.29. The first-order valence-corrected chi connectivity index (χ1v) is 12.2. The molecule has 4 aromatic rings. The Morgan fingerprint density at radius 1 is 0.806 bits per heavy atom. The molecule has 0 spiro atoms. The summed E-state index contributed by atoms with van der Waals surface area (Å²) < 4.78 is 0. The molecule has 164 valence electrons. The Labute approximate surface area is 188 Å². The van der Waals surface area contributed by atoms with Gasteiger partial charge in [0.15, 0.2) is 0 Å². The molecule has 0 saturated carbocycles. The van der Waals surface area contributed by atoms with Gasteiger partial charge < -0.3 is 5.73 Å². The number of nitrogens with two attached hydrogens (primary N) is 1. The van der Waals surface area contributed by atoms with Crippen LogP contribution in [0.3, 0.4) is 0 Å². The molecule has 1 heteroatoms. The van der Waals surface area contributed by atoms with Gasteiger partial charge in [-0.05, 0) is 75.4 Å². The molecule has 4 rings (SSSR count). The summed E-state index contributed by atoms with van der Waals surface area (Å²) in [5.74, 6) is 0.448. The fourth-order valence-corrected chi connectivity index (χ4v) is 5.80. The predicted octanol–water partition coefficient (Wildman–Crippen LogP) is 8.79. The second-order valence-electron chi connectivity index (χ2n) is 10.5. The Balaban J connectivity index is 1.86. The molecule has 0 saturated heterocycles. The molecule has 0 aliphatic rings. The average molecular weight is 414 g/mol. The summed E-state index contributed by atoms with van der Waals surface area (Å²) in [4.78, 5) is 0. The maximum Gasteiger partial charge on any atom is 0.0128 e. The third-order valence-corrected chi connectivity index (χ3v) is 8.04. The van der Waals surface area contributed by atoms with E-state index in [1.165, 1.54) is 63.6 Å². The van der Waals surface area contributed by atoms with E-state index in [1.54, 1.807) is 0 Å². The summed E-state index contributed by atoms with van der Waals surface area (Å²) in [6.45, 7) is 11.7. The van der Waals surface area contributed by atoms with E-state index in [4.69, 9.17) is 5.73 Å². The quantitative estimate of drug-likeness (QED) is 0.215. The highest BCUT2D eigenvalue weighted by molar-refractivity contribution is 6.23. The lowest BCUT2D eigenvalue weighted by Crippen LogP contribution is -2.42. The Morgan fingerprint density at radius 3 is 2.06 bits per heavy atom. The number of unbranched alkanes of at least 4 members (excludes halogenated alkanes) is 2. The van der Waals surface area contributed by atoms with Crippen LogP contribution < -0.4 is 5.73 Å². The summed E-state index contributed by atoms with van der Waals surface area (Å²) in [7, 11) is 0. The van der Waals surface area contributed by atoms with Crippen LogP contribution in [-0.4, -0.2) is 5.54 Å². The van der Waals surface area contributed by atoms with Crippen molar-refractivity contribution in [2.75, 3.05) is 0 Å². The fourth-order valence-electron chi connectivity index (χ4n) is 5.80. The van der Waals surface area contributed by atoms with E-state index in [0.717, 1.165) is 12.8 Å². The molecule has 0 bridgehead atoms. The molecule has 0 aromatic heterocycles. The van der Waals surface area contributed by atoms with Crippen molar-refractivity contribution in [1.82, 2.24) is 0 Å². The largest absolute Gasteiger partial charge is 0.325 e. The van der Waals surface area contributed by atoms with Crippen LogP contribution in [-0.2, 0) is 0 Å². The van der Waals surface area contributed by atoms with Crippen molar-refractivity contribution in [2.24, 2.45) is 11.1 Å². The number of hydrogen-bond acceptors (Lipinski definition) is 1. The van der Waals surface area contributed by atoms with Gasteiger partial charge in [0.1, 0.15) is 0 Å². The third kappa shape index (κ3) is 4.05. The minimum atomic E-state index is -0.126. The van der Waals surface area contributed by atoms with Gasteiger partial charge in [-0.3, -0.25) is 0 Å². The van der Waals surface area contributed by atoms with Crippen LogP contribution in [0.15, 0.2) is 54.6 Å². The van der Waals surface area contributed by atoms with E-state index in [0.29, 0.717) is 5.92 Å². The van der Waals surface area contributed by atoms with Crippen LogP contribution in [0, 0.1) is 5.41 Å². The van der Waals surface area contributed by atoms with Crippen LogP contribution in [0.4, 0.5) is 0 Å². The van der Waals surface area contributed by atoms with Crippen molar-refractivity contribution >= 4 is 32.3 Å². The fraction of sp³-hybridized carbons (Fsp3) is 0.467. The average Bonchev–Trinajstić information content (AvgIpc) is 2.77. The van der Waals surface area contributed by atoms with Gasteiger partial charge in [-0.2, -0.15) is 0 Å². The van der Waals surface area contributed by atoms with E-state index in [1.807, 2.05) is 0 Å². The van der Waals surface area contributed by atoms with Gasteiger partial charge in [0.2, 0.25) is 0 Å². The van der Waals surface area contributed by atoms with E-state index in [9.17, 15) is 0 Å². The minimum Gasteiger partial charge on any atom is -0.325 e. The molecule has 0 amide bonds. The molecular formula is C30H39N. The minimum absolute atomic E-state index is 0.126. The zero-order valence-corrected chi connectivity index (χ0v) is 20.1. The highest BCUT2D eigenvalue weighted by atomic mass is 14.7. The number of rotatable bonds is 9. The molecule has 1 nitrogen and oxygen atoms in total. The Hall–Kier alpha value is -2.12. The number of hydrogen-bond donors (Lipinski definition) is 1. The lowest BCUT2D eigenvalue weighted by molar-refractivity contribution is 0.162. The predicted molar refractivity (Wildman–Crippen MR) is 138 cm³/mol. The third-order valence-electron chi connectivity index (χ3n) is 8.04. The monoisotopic (exact) mass is 413 g/mol. The van der Waals surface area contributed by atoms with Crippen molar-refractivity contribution in [3.8, 4) is 0 Å². The second-order valence-corrected chi connectivity index (χ2v) is 10.5. The standard InChI is InChI=1S/C30H39N/c1-6-8-9-19-29(4,20-30(5,31)7-2)21(3)25-17-15-24-14-13-22-11-10-12-23-16-18-26(25)28(24)27(22)23/h10-18,21H,6-9,19-20,31H2,1-5H3. The zero-order valence-electron chi connectivity index (χ0n) is 20.1. The molecule has 0 fully saturated rings. The normalized spacial score (nSPS) is 17.2. The Bertz CT molecular complexity index is 1160. The highest BCUT2D eigenvalue weighted by Crippen LogP contribution is 2.48. The Morgan fingerprint density at radius 2 is 1.42 bits per heavy atom. The molecule has 0 aliphatic carbocycles. The molecule has 3 unspecified atom stereocenters. The van der Waals surface area contributed by atoms with Crippen molar-refractivity contribution < 1.29 is 0 Å². The van der Waals surface area contributed by atoms with Crippen LogP contribution in [0.25, 0.3) is 32.3 Å². The van der Waals surface area contributed by atoms with Crippen molar-refractivity contribution in [1.29, 1.82) is 0 Å². The van der Waals surface area contributed by atoms with Gasteiger partial charge in [-0.1, -0.05) is 102 Å². The van der Waals surface area contributed by atoms with Gasteiger partial charge >= 0.3 is 0 Å². The van der Waals surface area contributed by atoms with Crippen LogP contribution in [0.5, 0.6) is 0 Å². The smallest absolute Gasteiger partial charge is 0.0128 e. The first kappa shape index (κ1) is 22.1. The first-order valence-electron chi connectivity index (χ1n) is 12.2. The van der Waals surface area contributed by atoms with Crippen LogP contribution in [0.1, 0.15) is 84.6 Å². The molecule has 0 aliphatic heterocycles. The second kappa shape index (κ2) is 8.43.